The number of ether oxygens (including phenoxy) is 1. The summed E-state index contributed by atoms with van der Waals surface area (Å²) in [6.45, 7) is 5.50. The Kier molecular flexibility index (Phi) is 6.45. The van der Waals surface area contributed by atoms with Crippen molar-refractivity contribution in [3.05, 3.63) is 66.4 Å². The number of rotatable bonds is 8. The molecule has 0 saturated carbocycles. The largest absolute Gasteiger partial charge is 0.497 e. The van der Waals surface area contributed by atoms with E-state index in [0.717, 1.165) is 23.5 Å². The van der Waals surface area contributed by atoms with Crippen LogP contribution in [0.25, 0.3) is 16.9 Å². The Hall–Kier alpha value is -3.12. The Morgan fingerprint density at radius 3 is 2.50 bits per heavy atom. The number of likely N-dealkylation sites (N-methyl/N-ethyl adjacent to an activating group) is 1. The van der Waals surface area contributed by atoms with Crippen molar-refractivity contribution in [3.63, 3.8) is 0 Å². The number of hydrogen-bond donors (Lipinski definition) is 2. The van der Waals surface area contributed by atoms with Gasteiger partial charge < -0.3 is 15.4 Å². The van der Waals surface area contributed by atoms with Gasteiger partial charge in [0.05, 0.1) is 18.4 Å². The van der Waals surface area contributed by atoms with Crippen LogP contribution < -0.4 is 15.4 Å². The van der Waals surface area contributed by atoms with Crippen LogP contribution in [0.4, 0.5) is 0 Å². The summed E-state index contributed by atoms with van der Waals surface area (Å²) >= 11 is 0. The van der Waals surface area contributed by atoms with Gasteiger partial charge in [-0.1, -0.05) is 25.1 Å². The fraction of sp³-hybridized carbons (Fsp3) is 0.273. The molecule has 3 aromatic rings. The summed E-state index contributed by atoms with van der Waals surface area (Å²) in [6.07, 6.45) is 1.78. The molecule has 3 rings (SSSR count). The summed E-state index contributed by atoms with van der Waals surface area (Å²) in [7, 11) is 1.63. The molecule has 0 aliphatic rings. The predicted molar refractivity (Wildman–Crippen MR) is 111 cm³/mol. The maximum absolute atomic E-state index is 12.9. The van der Waals surface area contributed by atoms with Crippen LogP contribution in [0.15, 0.2) is 60.8 Å². The van der Waals surface area contributed by atoms with Crippen molar-refractivity contribution in [2.24, 2.45) is 0 Å². The summed E-state index contributed by atoms with van der Waals surface area (Å²) in [5, 5.41) is 11.0. The first-order valence-corrected chi connectivity index (χ1v) is 9.43. The van der Waals surface area contributed by atoms with Gasteiger partial charge in [0.15, 0.2) is 0 Å². The van der Waals surface area contributed by atoms with Crippen LogP contribution in [-0.4, -0.2) is 41.9 Å². The van der Waals surface area contributed by atoms with Crippen LogP contribution in [0.3, 0.4) is 0 Å². The fourth-order valence-electron chi connectivity index (χ4n) is 2.98. The first-order valence-electron chi connectivity index (χ1n) is 9.43. The number of amides is 1. The maximum Gasteiger partial charge on any atom is 0.255 e. The summed E-state index contributed by atoms with van der Waals surface area (Å²) in [5.41, 5.74) is 2.94. The molecule has 2 N–H and O–H groups in total. The third-order valence-corrected chi connectivity index (χ3v) is 4.46. The predicted octanol–water partition coefficient (Wildman–Crippen LogP) is 3.28. The molecule has 0 aliphatic carbocycles. The highest BCUT2D eigenvalue weighted by Crippen LogP contribution is 2.25. The molecular formula is C22H26N4O2. The highest BCUT2D eigenvalue weighted by atomic mass is 16.5. The second kappa shape index (κ2) is 9.19. The van der Waals surface area contributed by atoms with Gasteiger partial charge in [-0.25, -0.2) is 4.68 Å². The molecule has 1 amide bonds. The molecule has 0 fully saturated rings. The quantitative estimate of drug-likeness (QED) is 0.631. The monoisotopic (exact) mass is 378 g/mol. The Balaban J connectivity index is 1.94. The van der Waals surface area contributed by atoms with Gasteiger partial charge >= 0.3 is 0 Å². The van der Waals surface area contributed by atoms with E-state index in [-0.39, 0.29) is 11.9 Å². The van der Waals surface area contributed by atoms with E-state index in [1.54, 1.807) is 18.0 Å². The van der Waals surface area contributed by atoms with Crippen molar-refractivity contribution >= 4 is 5.91 Å². The zero-order valence-corrected chi connectivity index (χ0v) is 16.5. The van der Waals surface area contributed by atoms with Gasteiger partial charge in [0.25, 0.3) is 5.91 Å². The third kappa shape index (κ3) is 4.58. The van der Waals surface area contributed by atoms with Crippen molar-refractivity contribution in [1.82, 2.24) is 20.4 Å². The number of aromatic nitrogens is 2. The Bertz CT molecular complexity index is 904. The van der Waals surface area contributed by atoms with Crippen molar-refractivity contribution in [1.29, 1.82) is 0 Å². The fourth-order valence-corrected chi connectivity index (χ4v) is 2.98. The minimum atomic E-state index is -0.141. The van der Waals surface area contributed by atoms with Crippen LogP contribution in [0.2, 0.25) is 0 Å². The van der Waals surface area contributed by atoms with Crippen LogP contribution in [0, 0.1) is 0 Å². The van der Waals surface area contributed by atoms with Crippen LogP contribution in [0.1, 0.15) is 24.2 Å². The summed E-state index contributed by atoms with van der Waals surface area (Å²) in [4.78, 5) is 12.9. The van der Waals surface area contributed by atoms with Crippen molar-refractivity contribution in [2.45, 2.75) is 19.9 Å². The highest BCUT2D eigenvalue weighted by Gasteiger charge is 2.19. The van der Waals surface area contributed by atoms with E-state index in [4.69, 9.17) is 9.84 Å². The molecular weight excluding hydrogens is 352 g/mol. The standard InChI is InChI=1S/C22H26N4O2/c1-4-23-16(2)14-24-22(27)20-15-26(18-8-6-5-7-9-18)25-21(20)17-10-12-19(28-3)13-11-17/h5-13,15-16,23H,4,14H2,1-3H3,(H,24,27)/t16-/m1/s1. The van der Waals surface area contributed by atoms with Crippen LogP contribution in [-0.2, 0) is 0 Å². The highest BCUT2D eigenvalue weighted by molar-refractivity contribution is 6.00. The van der Waals surface area contributed by atoms with Gasteiger partial charge in [0.2, 0.25) is 0 Å². The zero-order valence-electron chi connectivity index (χ0n) is 16.5. The number of nitrogens with zero attached hydrogens (tertiary/aromatic N) is 2. The first-order chi connectivity index (χ1) is 13.6. The molecule has 146 valence electrons. The lowest BCUT2D eigenvalue weighted by molar-refractivity contribution is 0.0951. The summed E-state index contributed by atoms with van der Waals surface area (Å²) in [6, 6.07) is 17.5. The summed E-state index contributed by atoms with van der Waals surface area (Å²) in [5.74, 6) is 0.620. The van der Waals surface area contributed by atoms with Crippen LogP contribution >= 0.6 is 0 Å². The van der Waals surface area contributed by atoms with E-state index in [2.05, 4.69) is 10.6 Å². The van der Waals surface area contributed by atoms with E-state index in [1.807, 2.05) is 68.4 Å². The smallest absolute Gasteiger partial charge is 0.255 e. The Morgan fingerprint density at radius 1 is 1.14 bits per heavy atom. The van der Waals surface area contributed by atoms with Gasteiger partial charge in [-0.15, -0.1) is 0 Å². The Labute approximate surface area is 165 Å². The van der Waals surface area contributed by atoms with Gasteiger partial charge in [0.1, 0.15) is 11.4 Å². The molecule has 0 unspecified atom stereocenters. The van der Waals surface area contributed by atoms with Crippen molar-refractivity contribution in [3.8, 4) is 22.7 Å². The van der Waals surface area contributed by atoms with E-state index in [0.29, 0.717) is 17.8 Å². The minimum Gasteiger partial charge on any atom is -0.497 e. The Morgan fingerprint density at radius 2 is 1.86 bits per heavy atom. The molecule has 6 heteroatoms. The second-order valence-electron chi connectivity index (χ2n) is 6.57. The van der Waals surface area contributed by atoms with Crippen LogP contribution in [0.5, 0.6) is 5.75 Å². The average molecular weight is 378 g/mol. The number of methoxy groups -OCH3 is 1. The lowest BCUT2D eigenvalue weighted by Gasteiger charge is -2.13. The lowest BCUT2D eigenvalue weighted by Crippen LogP contribution is -2.38. The molecule has 2 aromatic carbocycles. The molecule has 1 heterocycles. The molecule has 0 aliphatic heterocycles. The number of carbonyl (C=O) groups excluding carboxylic acids is 1. The molecule has 6 nitrogen and oxygen atoms in total. The zero-order chi connectivity index (χ0) is 19.9. The molecule has 0 radical (unpaired) electrons. The number of hydrogen-bond acceptors (Lipinski definition) is 4. The minimum absolute atomic E-state index is 0.141. The summed E-state index contributed by atoms with van der Waals surface area (Å²) < 4.78 is 6.97. The van der Waals surface area contributed by atoms with Gasteiger partial charge in [0, 0.05) is 24.3 Å². The van der Waals surface area contributed by atoms with Gasteiger partial charge in [-0.05, 0) is 49.9 Å². The van der Waals surface area contributed by atoms with Crippen molar-refractivity contribution in [2.75, 3.05) is 20.2 Å². The molecule has 1 aromatic heterocycles. The molecule has 28 heavy (non-hydrogen) atoms. The lowest BCUT2D eigenvalue weighted by atomic mass is 10.1. The number of nitrogens with one attached hydrogen (secondary N) is 2. The van der Waals surface area contributed by atoms with E-state index >= 15 is 0 Å². The number of benzene rings is 2. The SMILES string of the molecule is CCN[C@H](C)CNC(=O)c1cn(-c2ccccc2)nc1-c1ccc(OC)cc1. The number of carbonyl (C=O) groups is 1. The molecule has 0 spiro atoms. The maximum atomic E-state index is 12.9. The first kappa shape index (κ1) is 19.6. The molecule has 0 bridgehead atoms. The second-order valence-corrected chi connectivity index (χ2v) is 6.57. The molecule has 0 saturated heterocycles. The van der Waals surface area contributed by atoms with Gasteiger partial charge in [-0.3, -0.25) is 4.79 Å². The van der Waals surface area contributed by atoms with Crippen molar-refractivity contribution < 1.29 is 9.53 Å². The van der Waals surface area contributed by atoms with E-state index in [1.165, 1.54) is 0 Å². The topological polar surface area (TPSA) is 68.2 Å². The third-order valence-electron chi connectivity index (χ3n) is 4.46. The average Bonchev–Trinajstić information content (AvgIpc) is 3.18. The molecule has 1 atom stereocenters. The van der Waals surface area contributed by atoms with E-state index < -0.39 is 0 Å². The number of para-hydroxylation sites is 1. The normalized spacial score (nSPS) is 11.8. The van der Waals surface area contributed by atoms with E-state index in [9.17, 15) is 4.79 Å². The van der Waals surface area contributed by atoms with Gasteiger partial charge in [-0.2, -0.15) is 5.10 Å².